The van der Waals surface area contributed by atoms with E-state index in [1.165, 1.54) is 5.57 Å². The van der Waals surface area contributed by atoms with Gasteiger partial charge in [0.05, 0.1) is 0 Å². The summed E-state index contributed by atoms with van der Waals surface area (Å²) in [5.41, 5.74) is 1.23. The summed E-state index contributed by atoms with van der Waals surface area (Å²) in [4.78, 5) is 9.98. The Labute approximate surface area is 62.4 Å². The largest absolute Gasteiger partial charge is 0.303 e. The van der Waals surface area contributed by atoms with Gasteiger partial charge in [-0.05, 0) is 20.3 Å². The van der Waals surface area contributed by atoms with Crippen LogP contribution in [0.5, 0.6) is 0 Å². The number of rotatable bonds is 4. The van der Waals surface area contributed by atoms with Gasteiger partial charge >= 0.3 is 0 Å². The second-order valence-electron chi connectivity index (χ2n) is 2.07. The molecule has 0 spiro atoms. The highest BCUT2D eigenvalue weighted by Crippen LogP contribution is 2.04. The fourth-order valence-corrected chi connectivity index (χ4v) is 0.764. The summed E-state index contributed by atoms with van der Waals surface area (Å²) in [7, 11) is 0. The van der Waals surface area contributed by atoms with Crippen molar-refractivity contribution in [3.63, 3.8) is 0 Å². The molecule has 0 N–H and O–H groups in total. The summed E-state index contributed by atoms with van der Waals surface area (Å²) < 4.78 is 0. The first-order valence-corrected chi connectivity index (χ1v) is 3.56. The lowest BCUT2D eigenvalue weighted by Crippen LogP contribution is -1.79. The Morgan fingerprint density at radius 3 is 2.50 bits per heavy atom. The highest BCUT2D eigenvalue weighted by Gasteiger charge is 1.87. The average molecular weight is 138 g/mol. The van der Waals surface area contributed by atoms with Crippen molar-refractivity contribution < 1.29 is 4.79 Å². The van der Waals surface area contributed by atoms with Gasteiger partial charge in [-0.3, -0.25) is 0 Å². The Morgan fingerprint density at radius 2 is 2.10 bits per heavy atom. The highest BCUT2D eigenvalue weighted by molar-refractivity contribution is 5.50. The molecule has 0 saturated heterocycles. The first-order valence-electron chi connectivity index (χ1n) is 3.56. The SMILES string of the molecule is C/C=C\C(=C/C)CCC=O. The standard InChI is InChI=1S/C9H14O/c1-3-6-9(4-2)7-5-8-10/h3-4,6,8H,5,7H2,1-2H3/b6-3-,9-4+. The Kier molecular flexibility index (Phi) is 5.74. The number of aldehydes is 1. The van der Waals surface area contributed by atoms with E-state index in [9.17, 15) is 4.79 Å². The quantitative estimate of drug-likeness (QED) is 0.431. The third-order valence-electron chi connectivity index (χ3n) is 1.30. The number of hydrogen-bond donors (Lipinski definition) is 0. The summed E-state index contributed by atoms with van der Waals surface area (Å²) in [6, 6.07) is 0. The summed E-state index contributed by atoms with van der Waals surface area (Å²) in [5.74, 6) is 0. The molecule has 0 aliphatic rings. The van der Waals surface area contributed by atoms with Gasteiger partial charge in [0, 0.05) is 6.42 Å². The molecule has 10 heavy (non-hydrogen) atoms. The van der Waals surface area contributed by atoms with E-state index in [4.69, 9.17) is 0 Å². The molecule has 0 fully saturated rings. The van der Waals surface area contributed by atoms with Crippen LogP contribution in [-0.4, -0.2) is 6.29 Å². The minimum atomic E-state index is 0.629. The molecule has 0 aliphatic heterocycles. The van der Waals surface area contributed by atoms with Crippen LogP contribution < -0.4 is 0 Å². The second-order valence-corrected chi connectivity index (χ2v) is 2.07. The lowest BCUT2D eigenvalue weighted by atomic mass is 10.1. The molecule has 0 aromatic rings. The van der Waals surface area contributed by atoms with Gasteiger partial charge in [0.15, 0.2) is 0 Å². The fourth-order valence-electron chi connectivity index (χ4n) is 0.764. The highest BCUT2D eigenvalue weighted by atomic mass is 16.1. The number of carbonyl (C=O) groups excluding carboxylic acids is 1. The molecular weight excluding hydrogens is 124 g/mol. The van der Waals surface area contributed by atoms with Crippen LogP contribution in [0.1, 0.15) is 26.7 Å². The van der Waals surface area contributed by atoms with Crippen LogP contribution >= 0.6 is 0 Å². The fraction of sp³-hybridized carbons (Fsp3) is 0.444. The van der Waals surface area contributed by atoms with Crippen LogP contribution in [0.25, 0.3) is 0 Å². The summed E-state index contributed by atoms with van der Waals surface area (Å²) in [5, 5.41) is 0. The van der Waals surface area contributed by atoms with Gasteiger partial charge in [-0.25, -0.2) is 0 Å². The maximum Gasteiger partial charge on any atom is 0.120 e. The van der Waals surface area contributed by atoms with E-state index < -0.39 is 0 Å². The van der Waals surface area contributed by atoms with Crippen LogP contribution in [-0.2, 0) is 4.79 Å². The zero-order chi connectivity index (χ0) is 7.82. The van der Waals surface area contributed by atoms with Gasteiger partial charge in [0.25, 0.3) is 0 Å². The van der Waals surface area contributed by atoms with E-state index in [0.29, 0.717) is 6.42 Å². The van der Waals surface area contributed by atoms with Crippen molar-refractivity contribution in [3.05, 3.63) is 23.8 Å². The zero-order valence-corrected chi connectivity index (χ0v) is 6.63. The molecular formula is C9H14O. The zero-order valence-electron chi connectivity index (χ0n) is 6.63. The van der Waals surface area contributed by atoms with Crippen molar-refractivity contribution >= 4 is 6.29 Å². The monoisotopic (exact) mass is 138 g/mol. The third kappa shape index (κ3) is 4.07. The van der Waals surface area contributed by atoms with Gasteiger partial charge in [-0.1, -0.05) is 23.8 Å². The first kappa shape index (κ1) is 9.15. The van der Waals surface area contributed by atoms with Gasteiger partial charge in [0.2, 0.25) is 0 Å². The Morgan fingerprint density at radius 1 is 1.40 bits per heavy atom. The third-order valence-corrected chi connectivity index (χ3v) is 1.30. The van der Waals surface area contributed by atoms with E-state index in [0.717, 1.165) is 12.7 Å². The molecule has 0 aliphatic carbocycles. The van der Waals surface area contributed by atoms with E-state index >= 15 is 0 Å². The normalized spacial score (nSPS) is 12.4. The summed E-state index contributed by atoms with van der Waals surface area (Å²) in [6.45, 7) is 3.96. The minimum Gasteiger partial charge on any atom is -0.303 e. The molecule has 0 saturated carbocycles. The van der Waals surface area contributed by atoms with Crippen molar-refractivity contribution in [2.24, 2.45) is 0 Å². The van der Waals surface area contributed by atoms with Gasteiger partial charge in [-0.2, -0.15) is 0 Å². The topological polar surface area (TPSA) is 17.1 Å². The maximum absolute atomic E-state index is 9.98. The number of carbonyl (C=O) groups is 1. The second kappa shape index (κ2) is 6.27. The minimum absolute atomic E-state index is 0.629. The predicted octanol–water partition coefficient (Wildman–Crippen LogP) is 2.49. The van der Waals surface area contributed by atoms with Crippen molar-refractivity contribution in [2.75, 3.05) is 0 Å². The van der Waals surface area contributed by atoms with Crippen molar-refractivity contribution in [2.45, 2.75) is 26.7 Å². The van der Waals surface area contributed by atoms with E-state index in [2.05, 4.69) is 0 Å². The smallest absolute Gasteiger partial charge is 0.120 e. The molecule has 0 bridgehead atoms. The Balaban J connectivity index is 3.73. The molecule has 0 unspecified atom stereocenters. The van der Waals surface area contributed by atoms with Crippen molar-refractivity contribution in [1.82, 2.24) is 0 Å². The van der Waals surface area contributed by atoms with Crippen molar-refractivity contribution in [1.29, 1.82) is 0 Å². The Bertz CT molecular complexity index is 143. The van der Waals surface area contributed by atoms with E-state index in [1.54, 1.807) is 0 Å². The molecule has 0 aromatic carbocycles. The lowest BCUT2D eigenvalue weighted by Gasteiger charge is -1.94. The van der Waals surface area contributed by atoms with E-state index in [1.807, 2.05) is 32.1 Å². The number of hydrogen-bond acceptors (Lipinski definition) is 1. The molecule has 0 atom stereocenters. The van der Waals surface area contributed by atoms with Gasteiger partial charge in [-0.15, -0.1) is 0 Å². The Hall–Kier alpha value is -0.850. The molecule has 56 valence electrons. The van der Waals surface area contributed by atoms with Gasteiger partial charge in [0.1, 0.15) is 6.29 Å². The predicted molar refractivity (Wildman–Crippen MR) is 43.9 cm³/mol. The molecule has 1 heteroatoms. The molecule has 0 radical (unpaired) electrons. The molecule has 0 rings (SSSR count). The van der Waals surface area contributed by atoms with Crippen LogP contribution in [0.4, 0.5) is 0 Å². The van der Waals surface area contributed by atoms with Gasteiger partial charge < -0.3 is 4.79 Å². The number of allylic oxidation sites excluding steroid dienone is 4. The molecule has 0 aromatic heterocycles. The van der Waals surface area contributed by atoms with Crippen LogP contribution in [0.3, 0.4) is 0 Å². The van der Waals surface area contributed by atoms with Crippen LogP contribution in [0.15, 0.2) is 23.8 Å². The summed E-state index contributed by atoms with van der Waals surface area (Å²) in [6.07, 6.45) is 8.49. The summed E-state index contributed by atoms with van der Waals surface area (Å²) >= 11 is 0. The molecule has 0 amide bonds. The lowest BCUT2D eigenvalue weighted by molar-refractivity contribution is -0.107. The first-order chi connectivity index (χ1) is 4.85. The van der Waals surface area contributed by atoms with Crippen LogP contribution in [0, 0.1) is 0 Å². The molecule has 1 nitrogen and oxygen atoms in total. The maximum atomic E-state index is 9.98. The average Bonchev–Trinajstić information content (AvgIpc) is 1.98. The van der Waals surface area contributed by atoms with Crippen molar-refractivity contribution in [3.8, 4) is 0 Å². The van der Waals surface area contributed by atoms with Crippen LogP contribution in [0.2, 0.25) is 0 Å². The molecule has 0 heterocycles. The van der Waals surface area contributed by atoms with E-state index in [-0.39, 0.29) is 0 Å².